The first-order valence-electron chi connectivity index (χ1n) is 15.8. The molecule has 6 rings (SSSR count). The Morgan fingerprint density at radius 3 is 2.56 bits per heavy atom. The number of aromatic nitrogens is 5. The normalized spacial score (nSPS) is 21.8. The van der Waals surface area contributed by atoms with Crippen LogP contribution in [0.5, 0.6) is 5.75 Å². The van der Waals surface area contributed by atoms with E-state index < -0.39 is 6.03 Å². The van der Waals surface area contributed by atoms with E-state index in [0.29, 0.717) is 24.4 Å². The maximum atomic E-state index is 13.2. The van der Waals surface area contributed by atoms with Crippen molar-refractivity contribution in [3.8, 4) is 5.75 Å². The van der Waals surface area contributed by atoms with Crippen LogP contribution in [0.4, 0.5) is 10.6 Å². The molecule has 1 aliphatic heterocycles. The predicted molar refractivity (Wildman–Crippen MR) is 171 cm³/mol. The molecule has 0 bridgehead atoms. The van der Waals surface area contributed by atoms with Crippen molar-refractivity contribution >= 4 is 23.3 Å². The van der Waals surface area contributed by atoms with Gasteiger partial charge in [-0.05, 0) is 69.5 Å². The molecule has 11 heteroatoms. The number of urea groups is 1. The number of carbonyl (C=O) groups excluding carboxylic acids is 2. The number of anilines is 1. The average molecular weight is 611 g/mol. The van der Waals surface area contributed by atoms with Crippen LogP contribution in [-0.4, -0.2) is 54.9 Å². The van der Waals surface area contributed by atoms with Gasteiger partial charge in [-0.15, -0.1) is 10.2 Å². The molecule has 0 unspecified atom stereocenters. The molecule has 1 saturated heterocycles. The van der Waals surface area contributed by atoms with Crippen molar-refractivity contribution in [1.82, 2.24) is 34.8 Å². The minimum Gasteiger partial charge on any atom is -0.484 e. The number of Topliss-reactive ketones (excluding diaryl/α,β-unsaturated/α-hetero) is 1. The molecule has 2 amide bonds. The molecule has 45 heavy (non-hydrogen) atoms. The van der Waals surface area contributed by atoms with Crippen LogP contribution in [0.25, 0.3) is 5.65 Å². The van der Waals surface area contributed by atoms with E-state index in [1.54, 1.807) is 13.0 Å². The minimum absolute atomic E-state index is 0.115. The Morgan fingerprint density at radius 1 is 1.07 bits per heavy atom. The van der Waals surface area contributed by atoms with Crippen molar-refractivity contribution in [1.29, 1.82) is 0 Å². The van der Waals surface area contributed by atoms with Crippen LogP contribution in [0.2, 0.25) is 0 Å². The Morgan fingerprint density at radius 2 is 1.84 bits per heavy atom. The number of nitrogens with zero attached hydrogens (tertiary/aromatic N) is 6. The van der Waals surface area contributed by atoms with E-state index in [-0.39, 0.29) is 41.1 Å². The number of likely N-dealkylation sites (tertiary alicyclic amines) is 1. The molecule has 3 atom stereocenters. The molecule has 2 aliphatic rings. The zero-order valence-corrected chi connectivity index (χ0v) is 26.9. The average Bonchev–Trinajstić information content (AvgIpc) is 3.60. The van der Waals surface area contributed by atoms with Crippen molar-refractivity contribution in [3.63, 3.8) is 0 Å². The first-order chi connectivity index (χ1) is 21.5. The van der Waals surface area contributed by atoms with E-state index in [2.05, 4.69) is 60.1 Å². The number of ketones is 1. The van der Waals surface area contributed by atoms with Crippen molar-refractivity contribution in [2.45, 2.75) is 89.8 Å². The molecular formula is C34H42N8O3. The quantitative estimate of drug-likeness (QED) is 0.240. The van der Waals surface area contributed by atoms with Gasteiger partial charge in [-0.1, -0.05) is 52.0 Å². The third-order valence-corrected chi connectivity index (χ3v) is 9.18. The molecule has 0 radical (unpaired) electrons. The number of rotatable bonds is 7. The van der Waals surface area contributed by atoms with Gasteiger partial charge in [-0.2, -0.15) is 0 Å². The van der Waals surface area contributed by atoms with Gasteiger partial charge in [-0.25, -0.2) is 14.8 Å². The number of hydrogen-bond acceptors (Lipinski definition) is 8. The van der Waals surface area contributed by atoms with E-state index in [0.717, 1.165) is 47.7 Å². The van der Waals surface area contributed by atoms with Crippen molar-refractivity contribution < 1.29 is 14.3 Å². The van der Waals surface area contributed by atoms with E-state index in [9.17, 15) is 9.59 Å². The maximum absolute atomic E-state index is 13.2. The van der Waals surface area contributed by atoms with Crippen LogP contribution in [0.15, 0.2) is 48.7 Å². The SMILES string of the molecule is CCC(=O)c1nc(NC(=O)N[C@H]2CC[C@@H](Oc3ccc4nnc([C@]5(C)CCCN5C)n4c3)c3ccccc32)cc(C(C)(C)C)n1. The zero-order valence-electron chi connectivity index (χ0n) is 26.9. The summed E-state index contributed by atoms with van der Waals surface area (Å²) in [6.45, 7) is 11.1. The lowest BCUT2D eigenvalue weighted by Gasteiger charge is -2.32. The number of hydrogen-bond donors (Lipinski definition) is 2. The van der Waals surface area contributed by atoms with Crippen LogP contribution in [0, 0.1) is 0 Å². The van der Waals surface area contributed by atoms with Gasteiger partial charge < -0.3 is 10.1 Å². The summed E-state index contributed by atoms with van der Waals surface area (Å²) in [6.07, 6.45) is 5.66. The van der Waals surface area contributed by atoms with E-state index in [1.807, 2.05) is 57.3 Å². The van der Waals surface area contributed by atoms with Crippen molar-refractivity contribution in [2.75, 3.05) is 18.9 Å². The van der Waals surface area contributed by atoms with Crippen LogP contribution in [0.3, 0.4) is 0 Å². The molecule has 0 spiro atoms. The van der Waals surface area contributed by atoms with Crippen LogP contribution >= 0.6 is 0 Å². The summed E-state index contributed by atoms with van der Waals surface area (Å²) >= 11 is 0. The highest BCUT2D eigenvalue weighted by molar-refractivity contribution is 5.94. The lowest BCUT2D eigenvalue weighted by molar-refractivity contribution is 0.0977. The van der Waals surface area contributed by atoms with Crippen molar-refractivity contribution in [3.05, 3.63) is 77.1 Å². The van der Waals surface area contributed by atoms with E-state index >= 15 is 0 Å². The fraction of sp³-hybridized carbons (Fsp3) is 0.471. The lowest BCUT2D eigenvalue weighted by atomic mass is 9.85. The lowest BCUT2D eigenvalue weighted by Crippen LogP contribution is -2.37. The highest BCUT2D eigenvalue weighted by Crippen LogP contribution is 2.40. The predicted octanol–water partition coefficient (Wildman–Crippen LogP) is 6.13. The second-order valence-electron chi connectivity index (χ2n) is 13.4. The van der Waals surface area contributed by atoms with Gasteiger partial charge in [0.2, 0.25) is 0 Å². The van der Waals surface area contributed by atoms with Crippen molar-refractivity contribution in [2.24, 2.45) is 0 Å². The van der Waals surface area contributed by atoms with Gasteiger partial charge >= 0.3 is 6.03 Å². The zero-order chi connectivity index (χ0) is 31.9. The molecule has 11 nitrogen and oxygen atoms in total. The number of amides is 2. The topological polar surface area (TPSA) is 127 Å². The molecule has 1 aliphatic carbocycles. The van der Waals surface area contributed by atoms with Gasteiger partial charge in [0, 0.05) is 17.9 Å². The fourth-order valence-electron chi connectivity index (χ4n) is 6.36. The molecule has 2 N–H and O–H groups in total. The van der Waals surface area contributed by atoms with Gasteiger partial charge in [0.15, 0.2) is 23.1 Å². The number of carbonyl (C=O) groups is 2. The first kappa shape index (κ1) is 30.6. The van der Waals surface area contributed by atoms with Crippen LogP contribution in [0.1, 0.15) is 112 Å². The number of fused-ring (bicyclic) bond motifs is 2. The molecule has 4 heterocycles. The third-order valence-electron chi connectivity index (χ3n) is 9.18. The minimum atomic E-state index is -0.390. The number of benzene rings is 1. The summed E-state index contributed by atoms with van der Waals surface area (Å²) in [4.78, 5) is 36.8. The smallest absolute Gasteiger partial charge is 0.320 e. The molecule has 236 valence electrons. The number of ether oxygens (including phenoxy) is 1. The summed E-state index contributed by atoms with van der Waals surface area (Å²) < 4.78 is 8.66. The highest BCUT2D eigenvalue weighted by atomic mass is 16.5. The monoisotopic (exact) mass is 610 g/mol. The molecule has 3 aromatic heterocycles. The first-order valence-corrected chi connectivity index (χ1v) is 15.8. The molecule has 0 saturated carbocycles. The van der Waals surface area contributed by atoms with Gasteiger partial charge in [-0.3, -0.25) is 19.4 Å². The van der Waals surface area contributed by atoms with E-state index in [1.165, 1.54) is 0 Å². The molecule has 1 aromatic carbocycles. The fourth-order valence-corrected chi connectivity index (χ4v) is 6.36. The molecule has 1 fully saturated rings. The van der Waals surface area contributed by atoms with Crippen LogP contribution < -0.4 is 15.4 Å². The second-order valence-corrected chi connectivity index (χ2v) is 13.4. The second kappa shape index (κ2) is 11.8. The Kier molecular flexibility index (Phi) is 8.07. The summed E-state index contributed by atoms with van der Waals surface area (Å²) in [6, 6.07) is 13.1. The Bertz CT molecular complexity index is 1750. The van der Waals surface area contributed by atoms with E-state index in [4.69, 9.17) is 4.74 Å². The van der Waals surface area contributed by atoms with Gasteiger partial charge in [0.25, 0.3) is 0 Å². The van der Waals surface area contributed by atoms with Gasteiger partial charge in [0.1, 0.15) is 17.7 Å². The third kappa shape index (κ3) is 6.01. The number of pyridine rings is 1. The van der Waals surface area contributed by atoms with Crippen LogP contribution in [-0.2, 0) is 11.0 Å². The standard InChI is InChI=1S/C34H42N8O3/c1-7-25(43)30-36-27(33(2,3)4)19-28(37-30)38-32(44)35-24-14-15-26(23-12-9-8-11-22(23)24)45-21-13-16-29-39-40-31(42(29)20-21)34(5)17-10-18-41(34)6/h8-9,11-13,16,19-20,24,26H,7,10,14-15,17-18H2,1-6H3,(H2,35,36,37,38,44)/t24-,26+,34-/m0/s1. The summed E-state index contributed by atoms with van der Waals surface area (Å²) in [5.74, 6) is 1.91. The number of nitrogens with one attached hydrogen (secondary N) is 2. The largest absolute Gasteiger partial charge is 0.484 e. The molecule has 4 aromatic rings. The molecular weight excluding hydrogens is 568 g/mol. The summed E-state index contributed by atoms with van der Waals surface area (Å²) in [7, 11) is 2.14. The maximum Gasteiger partial charge on any atom is 0.320 e. The van der Waals surface area contributed by atoms with Gasteiger partial charge in [0.05, 0.1) is 23.5 Å². The Labute approximate surface area is 263 Å². The highest BCUT2D eigenvalue weighted by Gasteiger charge is 2.40. The Hall–Kier alpha value is -4.38. The summed E-state index contributed by atoms with van der Waals surface area (Å²) in [5.41, 5.74) is 3.03. The summed E-state index contributed by atoms with van der Waals surface area (Å²) in [5, 5.41) is 15.0. The Balaban J connectivity index is 1.20.